The zero-order valence-electron chi connectivity index (χ0n) is 16.2. The summed E-state index contributed by atoms with van der Waals surface area (Å²) in [5.41, 5.74) is 3.34. The third kappa shape index (κ3) is 4.88. The Bertz CT molecular complexity index is 886. The van der Waals surface area contributed by atoms with Gasteiger partial charge in [0.05, 0.1) is 13.3 Å². The van der Waals surface area contributed by atoms with E-state index in [0.29, 0.717) is 31.0 Å². The van der Waals surface area contributed by atoms with Crippen molar-refractivity contribution in [3.05, 3.63) is 89.3 Å². The number of benzene rings is 2. The number of hydrogen-bond acceptors (Lipinski definition) is 4. The lowest BCUT2D eigenvalue weighted by atomic mass is 10.1. The SMILES string of the molecule is CCOC(=O)C(C)=Cc1ccc(CN2C=CN(C(=O)c3ccccc3)C2)cc1. The molecule has 28 heavy (non-hydrogen) atoms. The van der Waals surface area contributed by atoms with Gasteiger partial charge >= 0.3 is 5.97 Å². The maximum absolute atomic E-state index is 12.5. The summed E-state index contributed by atoms with van der Waals surface area (Å²) < 4.78 is 5.00. The summed E-state index contributed by atoms with van der Waals surface area (Å²) in [4.78, 5) is 28.0. The Morgan fingerprint density at radius 3 is 2.43 bits per heavy atom. The predicted octanol–water partition coefficient (Wildman–Crippen LogP) is 4.04. The molecule has 1 heterocycles. The number of carbonyl (C=O) groups is 2. The molecule has 0 radical (unpaired) electrons. The van der Waals surface area contributed by atoms with Crippen LogP contribution in [0.15, 0.2) is 72.6 Å². The van der Waals surface area contributed by atoms with Gasteiger partial charge in [-0.3, -0.25) is 9.69 Å². The number of amides is 1. The van der Waals surface area contributed by atoms with E-state index in [1.165, 1.54) is 0 Å². The highest BCUT2D eigenvalue weighted by Gasteiger charge is 2.19. The Kier molecular flexibility index (Phi) is 6.27. The molecule has 0 spiro atoms. The van der Waals surface area contributed by atoms with Crippen LogP contribution in [0.25, 0.3) is 6.08 Å². The van der Waals surface area contributed by atoms with Gasteiger partial charge in [0.2, 0.25) is 0 Å². The average molecular weight is 376 g/mol. The molecule has 0 aromatic heterocycles. The first-order valence-electron chi connectivity index (χ1n) is 9.29. The van der Waals surface area contributed by atoms with E-state index in [1.54, 1.807) is 18.7 Å². The molecule has 0 aliphatic carbocycles. The van der Waals surface area contributed by atoms with Gasteiger partial charge in [-0.15, -0.1) is 0 Å². The Balaban J connectivity index is 1.57. The second-order valence-electron chi connectivity index (χ2n) is 6.62. The zero-order chi connectivity index (χ0) is 19.9. The molecule has 0 saturated heterocycles. The van der Waals surface area contributed by atoms with Crippen molar-refractivity contribution in [2.75, 3.05) is 13.3 Å². The van der Waals surface area contributed by atoms with E-state index < -0.39 is 0 Å². The molecule has 0 N–H and O–H groups in total. The highest BCUT2D eigenvalue weighted by atomic mass is 16.5. The summed E-state index contributed by atoms with van der Waals surface area (Å²) in [6.07, 6.45) is 5.56. The Labute approximate surface area is 165 Å². The molecule has 0 saturated carbocycles. The maximum atomic E-state index is 12.5. The Morgan fingerprint density at radius 2 is 1.75 bits per heavy atom. The van der Waals surface area contributed by atoms with Crippen molar-refractivity contribution in [2.24, 2.45) is 0 Å². The summed E-state index contributed by atoms with van der Waals surface area (Å²) in [6, 6.07) is 17.3. The molecule has 1 amide bonds. The van der Waals surface area contributed by atoms with Gasteiger partial charge in [-0.2, -0.15) is 0 Å². The summed E-state index contributed by atoms with van der Waals surface area (Å²) in [7, 11) is 0. The monoisotopic (exact) mass is 376 g/mol. The average Bonchev–Trinajstić information content (AvgIpc) is 3.18. The smallest absolute Gasteiger partial charge is 0.333 e. The van der Waals surface area contributed by atoms with Crippen LogP contribution >= 0.6 is 0 Å². The molecular formula is C23H24N2O3. The van der Waals surface area contributed by atoms with Gasteiger partial charge in [-0.1, -0.05) is 42.5 Å². The molecule has 1 aliphatic rings. The van der Waals surface area contributed by atoms with Gasteiger partial charge in [-0.25, -0.2) is 4.79 Å². The van der Waals surface area contributed by atoms with Crippen molar-refractivity contribution in [3.8, 4) is 0 Å². The summed E-state index contributed by atoms with van der Waals surface area (Å²) in [5, 5.41) is 0. The van der Waals surface area contributed by atoms with Gasteiger partial charge in [0, 0.05) is 30.1 Å². The molecule has 0 unspecified atom stereocenters. The standard InChI is InChI=1S/C23H24N2O3/c1-3-28-23(27)18(2)15-19-9-11-20(12-10-19)16-24-13-14-25(17-24)22(26)21-7-5-4-6-8-21/h4-15H,3,16-17H2,1-2H3. The van der Waals surface area contributed by atoms with Gasteiger partial charge in [0.25, 0.3) is 5.91 Å². The summed E-state index contributed by atoms with van der Waals surface area (Å²) >= 11 is 0. The van der Waals surface area contributed by atoms with Crippen molar-refractivity contribution in [3.63, 3.8) is 0 Å². The van der Waals surface area contributed by atoms with Gasteiger partial charge < -0.3 is 9.64 Å². The third-order valence-electron chi connectivity index (χ3n) is 4.42. The van der Waals surface area contributed by atoms with Crippen molar-refractivity contribution >= 4 is 18.0 Å². The van der Waals surface area contributed by atoms with E-state index in [9.17, 15) is 9.59 Å². The molecule has 144 valence electrons. The Hall–Kier alpha value is -3.34. The molecule has 0 atom stereocenters. The fraction of sp³-hybridized carbons (Fsp3) is 0.217. The fourth-order valence-electron chi connectivity index (χ4n) is 2.95. The van der Waals surface area contributed by atoms with Crippen LogP contribution in [0.3, 0.4) is 0 Å². The minimum atomic E-state index is -0.294. The lowest BCUT2D eigenvalue weighted by Gasteiger charge is -2.20. The number of esters is 1. The normalized spacial score (nSPS) is 13.7. The molecule has 2 aromatic rings. The second kappa shape index (κ2) is 9.04. The van der Waals surface area contributed by atoms with E-state index in [-0.39, 0.29) is 11.9 Å². The first-order valence-corrected chi connectivity index (χ1v) is 9.29. The first-order chi connectivity index (χ1) is 13.6. The molecule has 5 heteroatoms. The summed E-state index contributed by atoms with van der Waals surface area (Å²) in [6.45, 7) is 5.14. The van der Waals surface area contributed by atoms with Crippen LogP contribution in [0.4, 0.5) is 0 Å². The van der Waals surface area contributed by atoms with Crippen LogP contribution in [0.2, 0.25) is 0 Å². The number of carbonyl (C=O) groups excluding carboxylic acids is 2. The third-order valence-corrected chi connectivity index (χ3v) is 4.42. The lowest BCUT2D eigenvalue weighted by Crippen LogP contribution is -2.30. The minimum Gasteiger partial charge on any atom is -0.463 e. The molecular weight excluding hydrogens is 352 g/mol. The van der Waals surface area contributed by atoms with Crippen molar-refractivity contribution in [2.45, 2.75) is 20.4 Å². The summed E-state index contributed by atoms with van der Waals surface area (Å²) in [5.74, 6) is -0.300. The molecule has 2 aromatic carbocycles. The number of nitrogens with zero attached hydrogens (tertiary/aromatic N) is 2. The Morgan fingerprint density at radius 1 is 1.04 bits per heavy atom. The van der Waals surface area contributed by atoms with Crippen molar-refractivity contribution in [1.82, 2.24) is 9.80 Å². The molecule has 0 bridgehead atoms. The van der Waals surface area contributed by atoms with Crippen LogP contribution < -0.4 is 0 Å². The van der Waals surface area contributed by atoms with E-state index in [4.69, 9.17) is 4.74 Å². The van der Waals surface area contributed by atoms with Crippen LogP contribution in [0.5, 0.6) is 0 Å². The van der Waals surface area contributed by atoms with E-state index in [1.807, 2.05) is 73.1 Å². The minimum absolute atomic E-state index is 0.00530. The van der Waals surface area contributed by atoms with Gasteiger partial charge in [0.1, 0.15) is 0 Å². The van der Waals surface area contributed by atoms with Crippen LogP contribution in [0, 0.1) is 0 Å². The topological polar surface area (TPSA) is 49.9 Å². The predicted molar refractivity (Wildman–Crippen MR) is 109 cm³/mol. The largest absolute Gasteiger partial charge is 0.463 e. The quantitative estimate of drug-likeness (QED) is 0.564. The lowest BCUT2D eigenvalue weighted by molar-refractivity contribution is -0.138. The van der Waals surface area contributed by atoms with Gasteiger partial charge in [-0.05, 0) is 43.2 Å². The molecule has 5 nitrogen and oxygen atoms in total. The van der Waals surface area contributed by atoms with Crippen LogP contribution in [-0.4, -0.2) is 35.0 Å². The highest BCUT2D eigenvalue weighted by molar-refractivity contribution is 5.95. The fourth-order valence-corrected chi connectivity index (χ4v) is 2.95. The number of hydrogen-bond donors (Lipinski definition) is 0. The molecule has 1 aliphatic heterocycles. The van der Waals surface area contributed by atoms with Crippen molar-refractivity contribution in [1.29, 1.82) is 0 Å². The van der Waals surface area contributed by atoms with E-state index in [0.717, 1.165) is 11.1 Å². The molecule has 0 fully saturated rings. The highest BCUT2D eigenvalue weighted by Crippen LogP contribution is 2.16. The van der Waals surface area contributed by atoms with Crippen LogP contribution in [-0.2, 0) is 16.1 Å². The molecule has 3 rings (SSSR count). The van der Waals surface area contributed by atoms with E-state index >= 15 is 0 Å². The number of ether oxygens (including phenoxy) is 1. The second-order valence-corrected chi connectivity index (χ2v) is 6.62. The zero-order valence-corrected chi connectivity index (χ0v) is 16.2. The number of rotatable bonds is 6. The van der Waals surface area contributed by atoms with Gasteiger partial charge in [0.15, 0.2) is 0 Å². The maximum Gasteiger partial charge on any atom is 0.333 e. The first kappa shape index (κ1) is 19.4. The van der Waals surface area contributed by atoms with E-state index in [2.05, 4.69) is 4.90 Å². The van der Waals surface area contributed by atoms with Crippen molar-refractivity contribution < 1.29 is 14.3 Å². The van der Waals surface area contributed by atoms with Crippen LogP contribution in [0.1, 0.15) is 35.3 Å².